The summed E-state index contributed by atoms with van der Waals surface area (Å²) in [6, 6.07) is 1.32. The highest BCUT2D eigenvalue weighted by Crippen LogP contribution is 2.08. The number of amidine groups is 1. The largest absolute Gasteiger partial charge is 0.462 e. The lowest BCUT2D eigenvalue weighted by Gasteiger charge is -2.19. The number of unbranched alkanes of at least 4 members (excludes halogenated alkanes) is 3. The SMILES string of the molecule is CCCCCCC(C)OC(=NC(C)C)NC(C)C. The zero-order valence-electron chi connectivity index (χ0n) is 13.1. The second-order valence-corrected chi connectivity index (χ2v) is 5.60. The molecule has 18 heavy (non-hydrogen) atoms. The lowest BCUT2D eigenvalue weighted by Crippen LogP contribution is -2.35. The molecule has 0 radical (unpaired) electrons. The van der Waals surface area contributed by atoms with Crippen molar-refractivity contribution in [2.24, 2.45) is 4.99 Å². The van der Waals surface area contributed by atoms with Gasteiger partial charge in [-0.3, -0.25) is 0 Å². The Labute approximate surface area is 113 Å². The molecule has 0 saturated heterocycles. The standard InChI is InChI=1S/C15H32N2O/c1-7-8-9-10-11-14(6)18-15(16-12(2)3)17-13(4)5/h12-14H,7-11H2,1-6H3,(H,16,17). The van der Waals surface area contributed by atoms with Crippen molar-refractivity contribution in [2.75, 3.05) is 0 Å². The van der Waals surface area contributed by atoms with Crippen LogP contribution in [-0.2, 0) is 4.74 Å². The van der Waals surface area contributed by atoms with Crippen LogP contribution >= 0.6 is 0 Å². The maximum absolute atomic E-state index is 5.89. The van der Waals surface area contributed by atoms with Gasteiger partial charge in [0.1, 0.15) is 0 Å². The molecule has 0 aliphatic heterocycles. The molecule has 0 aliphatic rings. The summed E-state index contributed by atoms with van der Waals surface area (Å²) in [6.07, 6.45) is 6.50. The summed E-state index contributed by atoms with van der Waals surface area (Å²) in [7, 11) is 0. The predicted molar refractivity (Wildman–Crippen MR) is 80.1 cm³/mol. The van der Waals surface area contributed by atoms with Crippen LogP contribution in [0.25, 0.3) is 0 Å². The minimum atomic E-state index is 0.241. The molecule has 0 fully saturated rings. The fourth-order valence-corrected chi connectivity index (χ4v) is 1.69. The third-order valence-electron chi connectivity index (χ3n) is 2.56. The Morgan fingerprint density at radius 3 is 2.22 bits per heavy atom. The van der Waals surface area contributed by atoms with Gasteiger partial charge >= 0.3 is 0 Å². The van der Waals surface area contributed by atoms with Gasteiger partial charge in [-0.05, 0) is 47.5 Å². The second-order valence-electron chi connectivity index (χ2n) is 5.60. The summed E-state index contributed by atoms with van der Waals surface area (Å²) in [5.41, 5.74) is 0. The first kappa shape index (κ1) is 17.3. The second kappa shape index (κ2) is 10.2. The molecule has 1 unspecified atom stereocenters. The van der Waals surface area contributed by atoms with E-state index >= 15 is 0 Å². The van der Waals surface area contributed by atoms with Crippen LogP contribution < -0.4 is 5.32 Å². The summed E-state index contributed by atoms with van der Waals surface area (Å²) in [5.74, 6) is 0. The summed E-state index contributed by atoms with van der Waals surface area (Å²) in [6.45, 7) is 12.7. The maximum atomic E-state index is 5.89. The van der Waals surface area contributed by atoms with Gasteiger partial charge < -0.3 is 10.1 Å². The smallest absolute Gasteiger partial charge is 0.285 e. The van der Waals surface area contributed by atoms with Crippen LogP contribution in [0, 0.1) is 0 Å². The number of nitrogens with zero attached hydrogens (tertiary/aromatic N) is 1. The highest BCUT2D eigenvalue weighted by atomic mass is 16.5. The molecule has 0 aromatic carbocycles. The van der Waals surface area contributed by atoms with Gasteiger partial charge in [0.15, 0.2) is 0 Å². The van der Waals surface area contributed by atoms with Crippen LogP contribution in [0.4, 0.5) is 0 Å². The normalized spacial score (nSPS) is 14.1. The first-order valence-corrected chi connectivity index (χ1v) is 7.46. The molecule has 0 amide bonds. The highest BCUT2D eigenvalue weighted by molar-refractivity contribution is 5.74. The Morgan fingerprint density at radius 2 is 1.72 bits per heavy atom. The van der Waals surface area contributed by atoms with E-state index in [0.717, 1.165) is 6.42 Å². The lowest BCUT2D eigenvalue weighted by atomic mass is 10.1. The van der Waals surface area contributed by atoms with E-state index in [-0.39, 0.29) is 12.1 Å². The molecule has 0 rings (SSSR count). The van der Waals surface area contributed by atoms with Gasteiger partial charge in [0.25, 0.3) is 6.02 Å². The van der Waals surface area contributed by atoms with Crippen LogP contribution in [0.3, 0.4) is 0 Å². The Morgan fingerprint density at radius 1 is 1.06 bits per heavy atom. The molecule has 108 valence electrons. The van der Waals surface area contributed by atoms with Crippen molar-refractivity contribution in [3.8, 4) is 0 Å². The van der Waals surface area contributed by atoms with Crippen LogP contribution in [0.15, 0.2) is 4.99 Å². The number of ether oxygens (including phenoxy) is 1. The molecule has 0 spiro atoms. The van der Waals surface area contributed by atoms with E-state index in [9.17, 15) is 0 Å². The zero-order valence-corrected chi connectivity index (χ0v) is 13.1. The molecular formula is C15H32N2O. The average Bonchev–Trinajstić information content (AvgIpc) is 2.22. The van der Waals surface area contributed by atoms with Crippen LogP contribution in [0.2, 0.25) is 0 Å². The monoisotopic (exact) mass is 256 g/mol. The Kier molecular flexibility index (Phi) is 9.80. The molecule has 0 aromatic rings. The Hall–Kier alpha value is -0.730. The van der Waals surface area contributed by atoms with Crippen LogP contribution in [0.1, 0.15) is 73.6 Å². The van der Waals surface area contributed by atoms with E-state index in [1.807, 2.05) is 0 Å². The molecule has 0 bridgehead atoms. The third kappa shape index (κ3) is 10.4. The molecular weight excluding hydrogens is 224 g/mol. The minimum Gasteiger partial charge on any atom is -0.462 e. The third-order valence-corrected chi connectivity index (χ3v) is 2.56. The van der Waals surface area contributed by atoms with E-state index < -0.39 is 0 Å². The summed E-state index contributed by atoms with van der Waals surface area (Å²) in [5, 5.41) is 3.27. The molecule has 3 nitrogen and oxygen atoms in total. The number of rotatable bonds is 8. The van der Waals surface area contributed by atoms with Crippen LogP contribution in [0.5, 0.6) is 0 Å². The lowest BCUT2D eigenvalue weighted by molar-refractivity contribution is 0.180. The molecule has 3 heteroatoms. The Bertz CT molecular complexity index is 225. The maximum Gasteiger partial charge on any atom is 0.285 e. The molecule has 0 saturated carbocycles. The predicted octanol–water partition coefficient (Wildman–Crippen LogP) is 4.12. The van der Waals surface area contributed by atoms with Gasteiger partial charge in [0, 0.05) is 12.1 Å². The molecule has 0 heterocycles. The van der Waals surface area contributed by atoms with Crippen LogP contribution in [-0.4, -0.2) is 24.2 Å². The van der Waals surface area contributed by atoms with E-state index in [0.29, 0.717) is 12.1 Å². The first-order valence-electron chi connectivity index (χ1n) is 7.46. The summed E-state index contributed by atoms with van der Waals surface area (Å²) < 4.78 is 5.89. The van der Waals surface area contributed by atoms with Crippen molar-refractivity contribution in [3.05, 3.63) is 0 Å². The van der Waals surface area contributed by atoms with Gasteiger partial charge in [-0.25, -0.2) is 4.99 Å². The van der Waals surface area contributed by atoms with E-state index in [1.165, 1.54) is 25.7 Å². The highest BCUT2D eigenvalue weighted by Gasteiger charge is 2.09. The van der Waals surface area contributed by atoms with Crippen molar-refractivity contribution in [3.63, 3.8) is 0 Å². The van der Waals surface area contributed by atoms with Gasteiger partial charge in [-0.2, -0.15) is 0 Å². The number of aliphatic imine (C=N–C) groups is 1. The van der Waals surface area contributed by atoms with E-state index in [2.05, 4.69) is 51.9 Å². The number of nitrogens with one attached hydrogen (secondary N) is 1. The quantitative estimate of drug-likeness (QED) is 0.402. The Balaban J connectivity index is 4.06. The average molecular weight is 256 g/mol. The minimum absolute atomic E-state index is 0.241. The van der Waals surface area contributed by atoms with E-state index in [1.54, 1.807) is 0 Å². The number of hydrogen-bond acceptors (Lipinski definition) is 2. The van der Waals surface area contributed by atoms with Crippen molar-refractivity contribution < 1.29 is 4.74 Å². The molecule has 1 atom stereocenters. The van der Waals surface area contributed by atoms with Gasteiger partial charge in [0.05, 0.1) is 6.10 Å². The van der Waals surface area contributed by atoms with Gasteiger partial charge in [0.2, 0.25) is 0 Å². The van der Waals surface area contributed by atoms with Gasteiger partial charge in [-0.15, -0.1) is 0 Å². The van der Waals surface area contributed by atoms with Crippen molar-refractivity contribution in [1.82, 2.24) is 5.32 Å². The topological polar surface area (TPSA) is 33.6 Å². The van der Waals surface area contributed by atoms with Crippen molar-refractivity contribution >= 4 is 6.02 Å². The van der Waals surface area contributed by atoms with E-state index in [4.69, 9.17) is 4.74 Å². The zero-order chi connectivity index (χ0) is 14.0. The summed E-state index contributed by atoms with van der Waals surface area (Å²) in [4.78, 5) is 4.48. The molecule has 0 aliphatic carbocycles. The fraction of sp³-hybridized carbons (Fsp3) is 0.933. The molecule has 1 N–H and O–H groups in total. The summed E-state index contributed by atoms with van der Waals surface area (Å²) >= 11 is 0. The van der Waals surface area contributed by atoms with Crippen molar-refractivity contribution in [2.45, 2.75) is 91.8 Å². The van der Waals surface area contributed by atoms with Crippen molar-refractivity contribution in [1.29, 1.82) is 0 Å². The fourth-order valence-electron chi connectivity index (χ4n) is 1.69. The number of hydrogen-bond donors (Lipinski definition) is 1. The van der Waals surface area contributed by atoms with Gasteiger partial charge in [-0.1, -0.05) is 26.2 Å². The molecule has 0 aromatic heterocycles. The first-order chi connectivity index (χ1) is 8.45.